The molecule has 0 saturated heterocycles. The van der Waals surface area contributed by atoms with E-state index in [0.717, 1.165) is 50.1 Å². The van der Waals surface area contributed by atoms with E-state index < -0.39 is 0 Å². The van der Waals surface area contributed by atoms with Gasteiger partial charge in [-0.05, 0) is 98.6 Å². The summed E-state index contributed by atoms with van der Waals surface area (Å²) in [5.41, 5.74) is 17.6. The molecular formula is C51H37NO. The zero-order chi connectivity index (χ0) is 35.5. The van der Waals surface area contributed by atoms with Crippen LogP contribution in [0.15, 0.2) is 192 Å². The lowest BCUT2D eigenvalue weighted by atomic mass is 9.82. The Balaban J connectivity index is 1.10. The second kappa shape index (κ2) is 12.3. The van der Waals surface area contributed by atoms with Gasteiger partial charge in [0.1, 0.15) is 11.2 Å². The van der Waals surface area contributed by atoms with E-state index in [9.17, 15) is 0 Å². The highest BCUT2D eigenvalue weighted by Gasteiger charge is 2.35. The first-order valence-electron chi connectivity index (χ1n) is 18.3. The zero-order valence-electron chi connectivity index (χ0n) is 29.8. The van der Waals surface area contributed by atoms with Crippen molar-refractivity contribution >= 4 is 39.0 Å². The van der Waals surface area contributed by atoms with Crippen LogP contribution in [0.25, 0.3) is 66.4 Å². The SMILES string of the molecule is CC1(C)c2ccccc2-c2ccc(N(c3ccc(-c4ccc5oc6ccccc6c5c4)cc3)c3ccccc3-c3ccc(-c4ccccc4)cc3)cc21. The molecule has 1 aliphatic carbocycles. The first-order valence-corrected chi connectivity index (χ1v) is 18.3. The molecular weight excluding hydrogens is 643 g/mol. The van der Waals surface area contributed by atoms with Gasteiger partial charge >= 0.3 is 0 Å². The van der Waals surface area contributed by atoms with E-state index in [0.29, 0.717) is 0 Å². The molecule has 2 heteroatoms. The van der Waals surface area contributed by atoms with Gasteiger partial charge in [0.25, 0.3) is 0 Å². The number of anilines is 3. The Bertz CT molecular complexity index is 2790. The summed E-state index contributed by atoms with van der Waals surface area (Å²) in [6, 6.07) is 68.0. The lowest BCUT2D eigenvalue weighted by molar-refractivity contribution is 0.660. The summed E-state index contributed by atoms with van der Waals surface area (Å²) < 4.78 is 6.13. The zero-order valence-corrected chi connectivity index (χ0v) is 29.8. The van der Waals surface area contributed by atoms with Crippen LogP contribution in [0.5, 0.6) is 0 Å². The largest absolute Gasteiger partial charge is 0.456 e. The van der Waals surface area contributed by atoms with E-state index in [1.54, 1.807) is 0 Å². The van der Waals surface area contributed by atoms with E-state index in [4.69, 9.17) is 4.42 Å². The van der Waals surface area contributed by atoms with Gasteiger partial charge in [-0.1, -0.05) is 153 Å². The molecule has 252 valence electrons. The van der Waals surface area contributed by atoms with Gasteiger partial charge in [0.2, 0.25) is 0 Å². The summed E-state index contributed by atoms with van der Waals surface area (Å²) in [6.07, 6.45) is 0. The van der Waals surface area contributed by atoms with Crippen LogP contribution in [-0.4, -0.2) is 0 Å². The van der Waals surface area contributed by atoms with Crippen LogP contribution in [0.4, 0.5) is 17.1 Å². The fourth-order valence-corrected chi connectivity index (χ4v) is 8.35. The Kier molecular flexibility index (Phi) is 7.19. The molecule has 0 N–H and O–H groups in total. The lowest BCUT2D eigenvalue weighted by Crippen LogP contribution is -2.16. The topological polar surface area (TPSA) is 16.4 Å². The second-order valence-electron chi connectivity index (χ2n) is 14.6. The van der Waals surface area contributed by atoms with Crippen LogP contribution in [0.1, 0.15) is 25.0 Å². The van der Waals surface area contributed by atoms with Crippen LogP contribution < -0.4 is 4.90 Å². The van der Waals surface area contributed by atoms with Crippen molar-refractivity contribution < 1.29 is 4.42 Å². The van der Waals surface area contributed by atoms with Gasteiger partial charge in [0.15, 0.2) is 0 Å². The Morgan fingerprint density at radius 2 is 0.943 bits per heavy atom. The number of hydrogen-bond donors (Lipinski definition) is 0. The van der Waals surface area contributed by atoms with Crippen molar-refractivity contribution in [3.8, 4) is 44.5 Å². The number of hydrogen-bond acceptors (Lipinski definition) is 2. The molecule has 53 heavy (non-hydrogen) atoms. The molecule has 2 nitrogen and oxygen atoms in total. The number of nitrogens with zero attached hydrogens (tertiary/aromatic N) is 1. The first kappa shape index (κ1) is 31.1. The molecule has 1 heterocycles. The van der Waals surface area contributed by atoms with Crippen LogP contribution >= 0.6 is 0 Å². The number of benzene rings is 8. The summed E-state index contributed by atoms with van der Waals surface area (Å²) in [6.45, 7) is 4.70. The van der Waals surface area contributed by atoms with Gasteiger partial charge in [-0.15, -0.1) is 0 Å². The maximum absolute atomic E-state index is 6.13. The highest BCUT2D eigenvalue weighted by atomic mass is 16.3. The molecule has 0 bridgehead atoms. The molecule has 9 aromatic rings. The molecule has 0 radical (unpaired) electrons. The summed E-state index contributed by atoms with van der Waals surface area (Å²) in [7, 11) is 0. The Labute approximate surface area is 310 Å². The van der Waals surface area contributed by atoms with E-state index in [2.05, 4.69) is 195 Å². The minimum atomic E-state index is -0.111. The normalized spacial score (nSPS) is 12.9. The number of rotatable bonds is 6. The fourth-order valence-electron chi connectivity index (χ4n) is 8.35. The van der Waals surface area contributed by atoms with Crippen LogP contribution in [0.2, 0.25) is 0 Å². The molecule has 8 aromatic carbocycles. The predicted molar refractivity (Wildman–Crippen MR) is 222 cm³/mol. The van der Waals surface area contributed by atoms with Crippen molar-refractivity contribution in [2.75, 3.05) is 4.90 Å². The molecule has 0 saturated carbocycles. The van der Waals surface area contributed by atoms with Gasteiger partial charge in [0.05, 0.1) is 5.69 Å². The number of fused-ring (bicyclic) bond motifs is 6. The maximum Gasteiger partial charge on any atom is 0.135 e. The Hall–Kier alpha value is -6.64. The molecule has 1 aliphatic rings. The Morgan fingerprint density at radius 3 is 1.77 bits per heavy atom. The molecule has 0 unspecified atom stereocenters. The van der Waals surface area contributed by atoms with Gasteiger partial charge in [-0.2, -0.15) is 0 Å². The molecule has 0 spiro atoms. The third-order valence-corrected chi connectivity index (χ3v) is 11.1. The smallest absolute Gasteiger partial charge is 0.135 e. The average Bonchev–Trinajstić information content (AvgIpc) is 3.70. The van der Waals surface area contributed by atoms with Gasteiger partial charge in [-0.25, -0.2) is 0 Å². The summed E-state index contributed by atoms with van der Waals surface area (Å²) in [5, 5.41) is 2.28. The minimum Gasteiger partial charge on any atom is -0.456 e. The van der Waals surface area contributed by atoms with Gasteiger partial charge in [0, 0.05) is 33.1 Å². The van der Waals surface area contributed by atoms with E-state index >= 15 is 0 Å². The van der Waals surface area contributed by atoms with Crippen molar-refractivity contribution in [1.82, 2.24) is 0 Å². The highest BCUT2D eigenvalue weighted by molar-refractivity contribution is 6.06. The number of furan rings is 1. The molecule has 0 amide bonds. The second-order valence-corrected chi connectivity index (χ2v) is 14.6. The predicted octanol–water partition coefficient (Wildman–Crippen LogP) is 14.4. The molecule has 1 aromatic heterocycles. The van der Waals surface area contributed by atoms with E-state index in [-0.39, 0.29) is 5.41 Å². The summed E-state index contributed by atoms with van der Waals surface area (Å²) >= 11 is 0. The van der Waals surface area contributed by atoms with Crippen molar-refractivity contribution in [1.29, 1.82) is 0 Å². The van der Waals surface area contributed by atoms with Crippen molar-refractivity contribution in [3.63, 3.8) is 0 Å². The molecule has 0 atom stereocenters. The molecule has 10 rings (SSSR count). The lowest BCUT2D eigenvalue weighted by Gasteiger charge is -2.30. The number of para-hydroxylation sites is 2. The minimum absolute atomic E-state index is 0.111. The first-order chi connectivity index (χ1) is 26.0. The average molecular weight is 680 g/mol. The fraction of sp³-hybridized carbons (Fsp3) is 0.0588. The van der Waals surface area contributed by atoms with E-state index in [1.165, 1.54) is 44.5 Å². The highest BCUT2D eigenvalue weighted by Crippen LogP contribution is 2.51. The van der Waals surface area contributed by atoms with Gasteiger partial charge in [-0.3, -0.25) is 0 Å². The van der Waals surface area contributed by atoms with Crippen molar-refractivity contribution in [2.24, 2.45) is 0 Å². The third-order valence-electron chi connectivity index (χ3n) is 11.1. The van der Waals surface area contributed by atoms with Crippen LogP contribution in [-0.2, 0) is 5.41 Å². The van der Waals surface area contributed by atoms with Gasteiger partial charge < -0.3 is 9.32 Å². The van der Waals surface area contributed by atoms with Crippen LogP contribution in [0, 0.1) is 0 Å². The van der Waals surface area contributed by atoms with E-state index in [1.807, 2.05) is 12.1 Å². The Morgan fingerprint density at radius 1 is 0.377 bits per heavy atom. The van der Waals surface area contributed by atoms with Crippen LogP contribution in [0.3, 0.4) is 0 Å². The monoisotopic (exact) mass is 679 g/mol. The molecule has 0 aliphatic heterocycles. The maximum atomic E-state index is 6.13. The third kappa shape index (κ3) is 5.18. The van der Waals surface area contributed by atoms with Crippen molar-refractivity contribution in [3.05, 3.63) is 199 Å². The molecule has 0 fully saturated rings. The standard InChI is InChI=1S/C51H37NO/c1-51(2)46-17-9-6-15-42(46)43-30-29-40(33-47(43)51)52(48-18-10-7-14-41(48)37-22-20-35(21-23-37)34-12-4-3-5-13-34)39-27-24-36(25-28-39)38-26-31-50-45(32-38)44-16-8-11-19-49(44)53-50/h3-33H,1-2H3. The quantitative estimate of drug-likeness (QED) is 0.174. The summed E-state index contributed by atoms with van der Waals surface area (Å²) in [5.74, 6) is 0. The summed E-state index contributed by atoms with van der Waals surface area (Å²) in [4.78, 5) is 2.43. The van der Waals surface area contributed by atoms with Crippen molar-refractivity contribution in [2.45, 2.75) is 19.3 Å².